The minimum Gasteiger partial charge on any atom is -0.465 e. The lowest BCUT2D eigenvalue weighted by Crippen LogP contribution is -2.36. The molecule has 0 radical (unpaired) electrons. The highest BCUT2D eigenvalue weighted by Crippen LogP contribution is 2.29. The second-order valence-electron chi connectivity index (χ2n) is 3.33. The van der Waals surface area contributed by atoms with Gasteiger partial charge in [0.1, 0.15) is 0 Å². The van der Waals surface area contributed by atoms with E-state index < -0.39 is 18.2 Å². The van der Waals surface area contributed by atoms with Crippen molar-refractivity contribution in [3.8, 4) is 0 Å². The lowest BCUT2D eigenvalue weighted by Gasteiger charge is -2.18. The summed E-state index contributed by atoms with van der Waals surface area (Å²) in [6.07, 6.45) is -2.55. The highest BCUT2D eigenvalue weighted by molar-refractivity contribution is 6.42. The second kappa shape index (κ2) is 6.32. The molecular formula is C10H10Cl2N2O4. The standard InChI is InChI=1S/C10H10Cl2N2O4/c11-6-3-1-2-5(8(6)12)7(14-10(17)18)4-13-9(15)16/h1-3,7,13-14H,4H2,(H,15,16)(H,17,18). The Kier molecular flexibility index (Phi) is 5.06. The van der Waals surface area contributed by atoms with Gasteiger partial charge in [-0.05, 0) is 11.6 Å². The average Bonchev–Trinajstić information content (AvgIpc) is 2.27. The Morgan fingerprint density at radius 3 is 2.44 bits per heavy atom. The van der Waals surface area contributed by atoms with Gasteiger partial charge in [-0.2, -0.15) is 0 Å². The maximum absolute atomic E-state index is 10.7. The Bertz CT molecular complexity index is 467. The van der Waals surface area contributed by atoms with Crippen LogP contribution in [0.3, 0.4) is 0 Å². The van der Waals surface area contributed by atoms with Gasteiger partial charge in [-0.1, -0.05) is 35.3 Å². The van der Waals surface area contributed by atoms with Crippen molar-refractivity contribution in [1.29, 1.82) is 0 Å². The van der Waals surface area contributed by atoms with Crippen molar-refractivity contribution in [2.24, 2.45) is 0 Å². The van der Waals surface area contributed by atoms with Crippen LogP contribution in [0.15, 0.2) is 18.2 Å². The van der Waals surface area contributed by atoms with Crippen molar-refractivity contribution in [3.05, 3.63) is 33.8 Å². The maximum Gasteiger partial charge on any atom is 0.405 e. The lowest BCUT2D eigenvalue weighted by molar-refractivity contribution is 0.183. The molecule has 4 N–H and O–H groups in total. The Morgan fingerprint density at radius 2 is 1.89 bits per heavy atom. The van der Waals surface area contributed by atoms with E-state index in [9.17, 15) is 9.59 Å². The van der Waals surface area contributed by atoms with E-state index >= 15 is 0 Å². The van der Waals surface area contributed by atoms with Crippen LogP contribution in [0, 0.1) is 0 Å². The first-order valence-corrected chi connectivity index (χ1v) is 5.57. The molecule has 1 atom stereocenters. The summed E-state index contributed by atoms with van der Waals surface area (Å²) < 4.78 is 0. The summed E-state index contributed by atoms with van der Waals surface area (Å²) in [6.45, 7) is -0.151. The van der Waals surface area contributed by atoms with Crippen LogP contribution in [0.25, 0.3) is 0 Å². The third kappa shape index (κ3) is 3.97. The van der Waals surface area contributed by atoms with Crippen molar-refractivity contribution in [2.75, 3.05) is 6.54 Å². The number of halogens is 2. The summed E-state index contributed by atoms with van der Waals surface area (Å²) in [6, 6.07) is 3.90. The molecule has 1 aromatic carbocycles. The lowest BCUT2D eigenvalue weighted by atomic mass is 10.1. The van der Waals surface area contributed by atoms with Gasteiger partial charge in [0.25, 0.3) is 0 Å². The molecule has 0 heterocycles. The number of amides is 2. The van der Waals surface area contributed by atoms with Crippen molar-refractivity contribution >= 4 is 35.4 Å². The minimum atomic E-state index is -1.29. The minimum absolute atomic E-state index is 0.151. The quantitative estimate of drug-likeness (QED) is 0.685. The topological polar surface area (TPSA) is 98.7 Å². The van der Waals surface area contributed by atoms with Crippen molar-refractivity contribution in [2.45, 2.75) is 6.04 Å². The molecule has 0 aliphatic carbocycles. The zero-order valence-corrected chi connectivity index (χ0v) is 10.5. The first-order valence-electron chi connectivity index (χ1n) is 4.82. The van der Waals surface area contributed by atoms with Crippen LogP contribution in [0.4, 0.5) is 9.59 Å². The smallest absolute Gasteiger partial charge is 0.405 e. The molecule has 1 rings (SSSR count). The Labute approximate surface area is 113 Å². The second-order valence-corrected chi connectivity index (χ2v) is 4.12. The van der Waals surface area contributed by atoms with E-state index in [0.717, 1.165) is 0 Å². The van der Waals surface area contributed by atoms with E-state index in [4.69, 9.17) is 33.4 Å². The molecule has 0 saturated heterocycles. The van der Waals surface area contributed by atoms with E-state index in [1.165, 1.54) is 0 Å². The summed E-state index contributed by atoms with van der Waals surface area (Å²) in [5.41, 5.74) is 0.403. The Balaban J connectivity index is 2.97. The monoisotopic (exact) mass is 292 g/mol. The van der Waals surface area contributed by atoms with Gasteiger partial charge >= 0.3 is 12.2 Å². The van der Waals surface area contributed by atoms with Gasteiger partial charge in [-0.15, -0.1) is 0 Å². The molecule has 1 aromatic rings. The number of rotatable bonds is 4. The van der Waals surface area contributed by atoms with Crippen LogP contribution < -0.4 is 10.6 Å². The molecule has 8 heteroatoms. The highest BCUT2D eigenvalue weighted by atomic mass is 35.5. The van der Waals surface area contributed by atoms with Crippen molar-refractivity contribution < 1.29 is 19.8 Å². The number of carbonyl (C=O) groups is 2. The van der Waals surface area contributed by atoms with Crippen LogP contribution in [0.2, 0.25) is 10.0 Å². The van der Waals surface area contributed by atoms with Gasteiger partial charge < -0.3 is 20.8 Å². The molecule has 0 bridgehead atoms. The summed E-state index contributed by atoms with van der Waals surface area (Å²) in [5.74, 6) is 0. The van der Waals surface area contributed by atoms with Crippen molar-refractivity contribution in [1.82, 2.24) is 10.6 Å². The predicted octanol–water partition coefficient (Wildman–Crippen LogP) is 2.57. The van der Waals surface area contributed by atoms with E-state index in [1.807, 2.05) is 0 Å². The van der Waals surface area contributed by atoms with Crippen LogP contribution >= 0.6 is 23.2 Å². The maximum atomic E-state index is 10.7. The molecule has 1 unspecified atom stereocenters. The molecular weight excluding hydrogens is 283 g/mol. The highest BCUT2D eigenvalue weighted by Gasteiger charge is 2.18. The Hall–Kier alpha value is -1.66. The summed E-state index contributed by atoms with van der Waals surface area (Å²) in [7, 11) is 0. The zero-order chi connectivity index (χ0) is 13.7. The molecule has 0 fully saturated rings. The molecule has 98 valence electrons. The number of hydrogen-bond acceptors (Lipinski definition) is 2. The van der Waals surface area contributed by atoms with Crippen LogP contribution in [-0.4, -0.2) is 28.9 Å². The van der Waals surface area contributed by atoms with Gasteiger partial charge in [0.2, 0.25) is 0 Å². The van der Waals surface area contributed by atoms with E-state index in [2.05, 4.69) is 10.6 Å². The SMILES string of the molecule is O=C(O)NCC(NC(=O)O)c1cccc(Cl)c1Cl. The number of carboxylic acid groups (broad SMARTS) is 2. The van der Waals surface area contributed by atoms with Gasteiger partial charge in [-0.25, -0.2) is 9.59 Å². The van der Waals surface area contributed by atoms with E-state index in [1.54, 1.807) is 18.2 Å². The number of nitrogens with one attached hydrogen (secondary N) is 2. The van der Waals surface area contributed by atoms with E-state index in [-0.39, 0.29) is 16.6 Å². The molecule has 0 aliphatic rings. The van der Waals surface area contributed by atoms with Crippen LogP contribution in [-0.2, 0) is 0 Å². The van der Waals surface area contributed by atoms with Crippen LogP contribution in [0.1, 0.15) is 11.6 Å². The van der Waals surface area contributed by atoms with Crippen LogP contribution in [0.5, 0.6) is 0 Å². The van der Waals surface area contributed by atoms with Gasteiger partial charge in [-0.3, -0.25) is 0 Å². The fourth-order valence-electron chi connectivity index (χ4n) is 1.37. The fraction of sp³-hybridized carbons (Fsp3) is 0.200. The number of benzene rings is 1. The Morgan fingerprint density at radius 1 is 1.22 bits per heavy atom. The van der Waals surface area contributed by atoms with Gasteiger partial charge in [0, 0.05) is 6.54 Å². The third-order valence-corrected chi connectivity index (χ3v) is 2.95. The molecule has 0 spiro atoms. The molecule has 0 aromatic heterocycles. The van der Waals surface area contributed by atoms with Crippen molar-refractivity contribution in [3.63, 3.8) is 0 Å². The molecule has 0 saturated carbocycles. The summed E-state index contributed by atoms with van der Waals surface area (Å²) in [5, 5.41) is 21.9. The normalized spacial score (nSPS) is 11.7. The summed E-state index contributed by atoms with van der Waals surface area (Å²) >= 11 is 11.8. The number of hydrogen-bond donors (Lipinski definition) is 4. The molecule has 18 heavy (non-hydrogen) atoms. The van der Waals surface area contributed by atoms with E-state index in [0.29, 0.717) is 5.56 Å². The molecule has 6 nitrogen and oxygen atoms in total. The first kappa shape index (κ1) is 14.4. The third-order valence-electron chi connectivity index (χ3n) is 2.11. The summed E-state index contributed by atoms with van der Waals surface area (Å²) in [4.78, 5) is 21.1. The predicted molar refractivity (Wildman–Crippen MR) is 66.4 cm³/mol. The molecule has 0 aliphatic heterocycles. The fourth-order valence-corrected chi connectivity index (χ4v) is 1.81. The zero-order valence-electron chi connectivity index (χ0n) is 8.98. The average molecular weight is 293 g/mol. The first-order chi connectivity index (χ1) is 8.41. The van der Waals surface area contributed by atoms with Gasteiger partial charge in [0.15, 0.2) is 0 Å². The van der Waals surface area contributed by atoms with Gasteiger partial charge in [0.05, 0.1) is 16.1 Å². The largest absolute Gasteiger partial charge is 0.465 e. The molecule has 2 amide bonds.